The van der Waals surface area contributed by atoms with Crippen LogP contribution in [0.15, 0.2) is 29.2 Å². The van der Waals surface area contributed by atoms with Crippen LogP contribution < -0.4 is 0 Å². The second kappa shape index (κ2) is 6.03. The highest BCUT2D eigenvalue weighted by molar-refractivity contribution is 7.94. The van der Waals surface area contributed by atoms with Crippen LogP contribution in [0.5, 0.6) is 0 Å². The molecule has 2 unspecified atom stereocenters. The van der Waals surface area contributed by atoms with Crippen LogP contribution in [0, 0.1) is 6.92 Å². The summed E-state index contributed by atoms with van der Waals surface area (Å²) < 4.78 is 27.4. The maximum atomic E-state index is 13.6. The molecule has 5 rings (SSSR count). The summed E-state index contributed by atoms with van der Waals surface area (Å²) in [7, 11) is -3.77. The highest BCUT2D eigenvalue weighted by Gasteiger charge is 2.64. The lowest BCUT2D eigenvalue weighted by Gasteiger charge is -2.31. The maximum absolute atomic E-state index is 13.6. The summed E-state index contributed by atoms with van der Waals surface area (Å²) in [5.74, 6) is 1.48. The summed E-state index contributed by atoms with van der Waals surface area (Å²) in [5, 5.41) is 8.88. The Kier molecular flexibility index (Phi) is 3.90. The highest BCUT2D eigenvalue weighted by atomic mass is 35.5. The van der Waals surface area contributed by atoms with E-state index in [4.69, 9.17) is 11.6 Å². The molecule has 9 heteroatoms. The van der Waals surface area contributed by atoms with Crippen molar-refractivity contribution in [1.29, 1.82) is 0 Å². The van der Waals surface area contributed by atoms with E-state index in [0.29, 0.717) is 30.8 Å². The molecule has 2 fully saturated rings. The van der Waals surface area contributed by atoms with Gasteiger partial charge in [0.1, 0.15) is 11.6 Å². The lowest BCUT2D eigenvalue weighted by molar-refractivity contribution is -0.134. The minimum atomic E-state index is -3.77. The van der Waals surface area contributed by atoms with E-state index in [1.54, 1.807) is 12.1 Å². The molecule has 1 amide bonds. The SMILES string of the molecule is Cc1nnc2n1CC1CCC(C2)N1C(=O)C1(S(=O)(=O)c2ccc(Cl)cc2)CC1. The maximum Gasteiger partial charge on any atom is 0.245 e. The molecule has 7 nitrogen and oxygen atoms in total. The number of benzene rings is 1. The summed E-state index contributed by atoms with van der Waals surface area (Å²) >= 11 is 5.90. The molecule has 3 heterocycles. The molecule has 3 aliphatic rings. The van der Waals surface area contributed by atoms with Crippen LogP contribution in [-0.2, 0) is 27.6 Å². The topological polar surface area (TPSA) is 85.2 Å². The molecule has 2 aromatic rings. The standard InChI is InChI=1S/C19H21ClN4O3S/c1-12-21-22-17-10-14-4-5-15(11-23(12)17)24(14)18(25)19(8-9-19)28(26,27)16-6-2-13(20)3-7-16/h2-3,6-7,14-15H,4-5,8-11H2,1H3. The van der Waals surface area contributed by atoms with Gasteiger partial charge in [-0.15, -0.1) is 10.2 Å². The number of carbonyl (C=O) groups is 1. The van der Waals surface area contributed by atoms with Gasteiger partial charge in [-0.25, -0.2) is 8.42 Å². The molecule has 0 radical (unpaired) electrons. The minimum absolute atomic E-state index is 0.00802. The fraction of sp³-hybridized carbons (Fsp3) is 0.526. The smallest absolute Gasteiger partial charge is 0.245 e. The first-order valence-electron chi connectivity index (χ1n) is 9.55. The van der Waals surface area contributed by atoms with Crippen molar-refractivity contribution >= 4 is 27.3 Å². The predicted molar refractivity (Wildman–Crippen MR) is 103 cm³/mol. The molecular formula is C19H21ClN4O3S. The first kappa shape index (κ1) is 18.1. The average molecular weight is 421 g/mol. The second-order valence-corrected chi connectivity index (χ2v) is 10.7. The number of aromatic nitrogens is 3. The average Bonchev–Trinajstić information content (AvgIpc) is 3.34. The Balaban J connectivity index is 1.49. The van der Waals surface area contributed by atoms with Gasteiger partial charge >= 0.3 is 0 Å². The van der Waals surface area contributed by atoms with E-state index in [9.17, 15) is 13.2 Å². The fourth-order valence-corrected chi connectivity index (χ4v) is 6.74. The Morgan fingerprint density at radius 1 is 1.14 bits per heavy atom. The van der Waals surface area contributed by atoms with Gasteiger partial charge in [0.25, 0.3) is 0 Å². The quantitative estimate of drug-likeness (QED) is 0.759. The van der Waals surface area contributed by atoms with Crippen molar-refractivity contribution < 1.29 is 13.2 Å². The van der Waals surface area contributed by atoms with Gasteiger partial charge in [0.05, 0.1) is 10.9 Å². The number of sulfone groups is 1. The number of amides is 1. The molecular weight excluding hydrogens is 400 g/mol. The Bertz CT molecular complexity index is 1060. The predicted octanol–water partition coefficient (Wildman–Crippen LogP) is 2.16. The van der Waals surface area contributed by atoms with Crippen molar-refractivity contribution in [3.63, 3.8) is 0 Å². The fourth-order valence-electron chi connectivity index (χ4n) is 4.69. The summed E-state index contributed by atoms with van der Waals surface area (Å²) in [4.78, 5) is 15.6. The lowest BCUT2D eigenvalue weighted by atomic mass is 10.1. The number of hydrogen-bond acceptors (Lipinski definition) is 5. The van der Waals surface area contributed by atoms with E-state index in [1.807, 2.05) is 11.8 Å². The third-order valence-corrected chi connectivity index (χ3v) is 9.17. The van der Waals surface area contributed by atoms with E-state index >= 15 is 0 Å². The lowest BCUT2D eigenvalue weighted by Crippen LogP contribution is -2.50. The first-order valence-corrected chi connectivity index (χ1v) is 11.4. The molecule has 2 atom stereocenters. The minimum Gasteiger partial charge on any atom is -0.333 e. The van der Waals surface area contributed by atoms with Gasteiger partial charge in [0.2, 0.25) is 5.91 Å². The Morgan fingerprint density at radius 2 is 1.82 bits per heavy atom. The largest absolute Gasteiger partial charge is 0.333 e. The molecule has 28 heavy (non-hydrogen) atoms. The van der Waals surface area contributed by atoms with Crippen molar-refractivity contribution in [2.24, 2.45) is 0 Å². The van der Waals surface area contributed by atoms with Gasteiger partial charge in [-0.3, -0.25) is 4.79 Å². The molecule has 148 valence electrons. The van der Waals surface area contributed by atoms with Crippen LogP contribution in [-0.4, -0.2) is 50.8 Å². The normalized spacial score (nSPS) is 25.3. The highest BCUT2D eigenvalue weighted by Crippen LogP contribution is 2.50. The summed E-state index contributed by atoms with van der Waals surface area (Å²) in [5.41, 5.74) is 0. The van der Waals surface area contributed by atoms with E-state index in [1.165, 1.54) is 12.1 Å². The molecule has 0 N–H and O–H groups in total. The number of aryl methyl sites for hydroxylation is 1. The number of carbonyl (C=O) groups excluding carboxylic acids is 1. The Morgan fingerprint density at radius 3 is 2.50 bits per heavy atom. The summed E-state index contributed by atoms with van der Waals surface area (Å²) in [6.45, 7) is 2.54. The third-order valence-electron chi connectivity index (χ3n) is 6.41. The van der Waals surface area contributed by atoms with E-state index in [-0.39, 0.29) is 22.9 Å². The number of nitrogens with zero attached hydrogens (tertiary/aromatic N) is 4. The van der Waals surface area contributed by atoms with Gasteiger partial charge in [0.15, 0.2) is 14.6 Å². The van der Waals surface area contributed by atoms with Gasteiger partial charge in [0, 0.05) is 24.0 Å². The monoisotopic (exact) mass is 420 g/mol. The van der Waals surface area contributed by atoms with Crippen molar-refractivity contribution in [2.75, 3.05) is 0 Å². The number of fused-ring (bicyclic) bond motifs is 3. The molecule has 1 saturated heterocycles. The van der Waals surface area contributed by atoms with E-state index in [2.05, 4.69) is 14.8 Å². The molecule has 1 aromatic carbocycles. The Labute approximate surface area is 168 Å². The van der Waals surface area contributed by atoms with Crippen molar-refractivity contribution in [3.05, 3.63) is 40.9 Å². The molecule has 1 aromatic heterocycles. The third kappa shape index (κ3) is 2.47. The van der Waals surface area contributed by atoms with Crippen LogP contribution in [0.3, 0.4) is 0 Å². The van der Waals surface area contributed by atoms with Crippen molar-refractivity contribution in [2.45, 2.75) is 67.3 Å². The van der Waals surface area contributed by atoms with Crippen LogP contribution in [0.25, 0.3) is 0 Å². The van der Waals surface area contributed by atoms with Gasteiger partial charge in [-0.2, -0.15) is 0 Å². The number of hydrogen-bond donors (Lipinski definition) is 0. The van der Waals surface area contributed by atoms with Gasteiger partial charge in [-0.05, 0) is 56.9 Å². The number of halogens is 1. The van der Waals surface area contributed by atoms with Crippen LogP contribution in [0.4, 0.5) is 0 Å². The molecule has 0 spiro atoms. The van der Waals surface area contributed by atoms with Gasteiger partial charge in [-0.1, -0.05) is 11.6 Å². The van der Waals surface area contributed by atoms with E-state index in [0.717, 1.165) is 24.5 Å². The Hall–Kier alpha value is -1.93. The van der Waals surface area contributed by atoms with Crippen molar-refractivity contribution in [3.8, 4) is 0 Å². The molecule has 1 aliphatic carbocycles. The van der Waals surface area contributed by atoms with Crippen LogP contribution in [0.1, 0.15) is 37.3 Å². The number of rotatable bonds is 3. The second-order valence-electron chi connectivity index (χ2n) is 8.03. The van der Waals surface area contributed by atoms with Crippen LogP contribution in [0.2, 0.25) is 5.02 Å². The van der Waals surface area contributed by atoms with Crippen molar-refractivity contribution in [1.82, 2.24) is 19.7 Å². The van der Waals surface area contributed by atoms with E-state index < -0.39 is 14.6 Å². The summed E-state index contributed by atoms with van der Waals surface area (Å²) in [6.07, 6.45) is 3.12. The molecule has 2 bridgehead atoms. The molecule has 2 aliphatic heterocycles. The zero-order valence-electron chi connectivity index (χ0n) is 15.5. The van der Waals surface area contributed by atoms with Gasteiger partial charge < -0.3 is 9.47 Å². The van der Waals surface area contributed by atoms with Crippen LogP contribution >= 0.6 is 11.6 Å². The zero-order valence-corrected chi connectivity index (χ0v) is 17.1. The zero-order chi connectivity index (χ0) is 19.7. The first-order chi connectivity index (χ1) is 13.3. The summed E-state index contributed by atoms with van der Waals surface area (Å²) in [6, 6.07) is 6.07. The molecule has 1 saturated carbocycles.